The van der Waals surface area contributed by atoms with E-state index >= 15 is 0 Å². The smallest absolute Gasteiger partial charge is 0.0594 e. The molecule has 0 radical (unpaired) electrons. The molecule has 0 aromatic heterocycles. The van der Waals surface area contributed by atoms with Gasteiger partial charge in [-0.15, -0.1) is 0 Å². The minimum Gasteiger partial charge on any atom is -0.379 e. The summed E-state index contributed by atoms with van der Waals surface area (Å²) in [6.07, 6.45) is 0. The first kappa shape index (κ1) is 13.5. The highest BCUT2D eigenvalue weighted by molar-refractivity contribution is 5.14. The predicted octanol–water partition coefficient (Wildman–Crippen LogP) is 2.39. The Hall–Kier alpha value is -0.520. The molecule has 1 aliphatic heterocycles. The lowest BCUT2D eigenvalue weighted by Crippen LogP contribution is -2.41. The van der Waals surface area contributed by atoms with Crippen LogP contribution in [0.1, 0.15) is 34.6 Å². The molecular weight excluding hydrogens is 198 g/mol. The third kappa shape index (κ3) is 5.53. The standard InChI is InChI=1S/C14H25NO/c1-13(2,3)6-7-14(4,5)12-15-8-10-16-11-9-15/h8-12H2,1-5H3. The first-order chi connectivity index (χ1) is 7.29. The van der Waals surface area contributed by atoms with Gasteiger partial charge in [0.15, 0.2) is 0 Å². The normalized spacial score (nSPS) is 19.1. The molecule has 0 atom stereocenters. The molecule has 0 aliphatic carbocycles. The van der Waals surface area contributed by atoms with Gasteiger partial charge in [0.25, 0.3) is 0 Å². The van der Waals surface area contributed by atoms with E-state index in [4.69, 9.17) is 4.74 Å². The van der Waals surface area contributed by atoms with Crippen LogP contribution in [0.5, 0.6) is 0 Å². The number of ether oxygens (including phenoxy) is 1. The molecule has 2 heteroatoms. The van der Waals surface area contributed by atoms with Gasteiger partial charge in [-0.1, -0.05) is 11.8 Å². The Morgan fingerprint density at radius 1 is 1.00 bits per heavy atom. The van der Waals surface area contributed by atoms with E-state index in [0.717, 1.165) is 32.8 Å². The maximum Gasteiger partial charge on any atom is 0.0594 e. The molecule has 0 bridgehead atoms. The first-order valence-electron chi connectivity index (χ1n) is 6.13. The number of nitrogens with zero attached hydrogens (tertiary/aromatic N) is 1. The van der Waals surface area contributed by atoms with Crippen LogP contribution in [0.25, 0.3) is 0 Å². The number of hydrogen-bond acceptors (Lipinski definition) is 2. The van der Waals surface area contributed by atoms with Crippen molar-refractivity contribution in [3.05, 3.63) is 0 Å². The molecule has 0 aromatic rings. The van der Waals surface area contributed by atoms with Crippen molar-refractivity contribution in [1.29, 1.82) is 0 Å². The van der Waals surface area contributed by atoms with E-state index in [1.165, 1.54) is 0 Å². The summed E-state index contributed by atoms with van der Waals surface area (Å²) >= 11 is 0. The van der Waals surface area contributed by atoms with Crippen LogP contribution in [-0.2, 0) is 4.74 Å². The predicted molar refractivity (Wildman–Crippen MR) is 68.3 cm³/mol. The van der Waals surface area contributed by atoms with Gasteiger partial charge >= 0.3 is 0 Å². The lowest BCUT2D eigenvalue weighted by Gasteiger charge is -2.32. The highest BCUT2D eigenvalue weighted by Gasteiger charge is 2.21. The van der Waals surface area contributed by atoms with Crippen molar-refractivity contribution in [1.82, 2.24) is 4.90 Å². The van der Waals surface area contributed by atoms with Crippen LogP contribution >= 0.6 is 0 Å². The molecule has 0 saturated carbocycles. The second kappa shape index (κ2) is 5.21. The fourth-order valence-corrected chi connectivity index (χ4v) is 1.71. The highest BCUT2D eigenvalue weighted by atomic mass is 16.5. The fourth-order valence-electron chi connectivity index (χ4n) is 1.71. The monoisotopic (exact) mass is 223 g/mol. The molecule has 1 fully saturated rings. The van der Waals surface area contributed by atoms with Gasteiger partial charge in [-0.3, -0.25) is 4.90 Å². The van der Waals surface area contributed by atoms with Crippen LogP contribution in [-0.4, -0.2) is 37.7 Å². The fraction of sp³-hybridized carbons (Fsp3) is 0.857. The van der Waals surface area contributed by atoms with Crippen LogP contribution in [0.4, 0.5) is 0 Å². The summed E-state index contributed by atoms with van der Waals surface area (Å²) in [7, 11) is 0. The number of rotatable bonds is 2. The average molecular weight is 223 g/mol. The van der Waals surface area contributed by atoms with Crippen molar-refractivity contribution in [3.8, 4) is 11.8 Å². The zero-order valence-corrected chi connectivity index (χ0v) is 11.4. The first-order valence-corrected chi connectivity index (χ1v) is 6.13. The Bertz CT molecular complexity index is 271. The molecule has 16 heavy (non-hydrogen) atoms. The molecule has 1 saturated heterocycles. The van der Waals surface area contributed by atoms with Crippen LogP contribution in [0.15, 0.2) is 0 Å². The molecule has 0 N–H and O–H groups in total. The van der Waals surface area contributed by atoms with E-state index in [9.17, 15) is 0 Å². The molecule has 1 heterocycles. The SMILES string of the molecule is CC(C)(C)C#CC(C)(C)CN1CCOCC1. The summed E-state index contributed by atoms with van der Waals surface area (Å²) < 4.78 is 5.35. The summed E-state index contributed by atoms with van der Waals surface area (Å²) in [6.45, 7) is 15.8. The summed E-state index contributed by atoms with van der Waals surface area (Å²) in [4.78, 5) is 2.45. The maximum absolute atomic E-state index is 5.35. The van der Waals surface area contributed by atoms with Crippen molar-refractivity contribution in [3.63, 3.8) is 0 Å². The third-order valence-corrected chi connectivity index (χ3v) is 2.50. The summed E-state index contributed by atoms with van der Waals surface area (Å²) in [6, 6.07) is 0. The van der Waals surface area contributed by atoms with Crippen LogP contribution in [0.3, 0.4) is 0 Å². The van der Waals surface area contributed by atoms with Crippen LogP contribution in [0, 0.1) is 22.7 Å². The second-order valence-corrected chi connectivity index (χ2v) is 6.27. The minimum absolute atomic E-state index is 0.0740. The zero-order chi connectivity index (χ0) is 12.2. The Labute approximate surface area is 100 Å². The van der Waals surface area contributed by atoms with Crippen molar-refractivity contribution in [2.75, 3.05) is 32.8 Å². The largest absolute Gasteiger partial charge is 0.379 e. The number of hydrogen-bond donors (Lipinski definition) is 0. The van der Waals surface area contributed by atoms with Crippen molar-refractivity contribution in [2.24, 2.45) is 10.8 Å². The quantitative estimate of drug-likeness (QED) is 0.667. The third-order valence-electron chi connectivity index (χ3n) is 2.50. The molecule has 92 valence electrons. The minimum atomic E-state index is 0.0740. The van der Waals surface area contributed by atoms with Crippen molar-refractivity contribution < 1.29 is 4.74 Å². The van der Waals surface area contributed by atoms with Gasteiger partial charge in [0.2, 0.25) is 0 Å². The number of morpholine rings is 1. The zero-order valence-electron chi connectivity index (χ0n) is 11.4. The Morgan fingerprint density at radius 2 is 1.56 bits per heavy atom. The van der Waals surface area contributed by atoms with Gasteiger partial charge < -0.3 is 4.74 Å². The molecule has 0 unspecified atom stereocenters. The van der Waals surface area contributed by atoms with Crippen LogP contribution in [0.2, 0.25) is 0 Å². The maximum atomic E-state index is 5.35. The molecule has 0 aromatic carbocycles. The summed E-state index contributed by atoms with van der Waals surface area (Å²) in [5.41, 5.74) is 0.174. The van der Waals surface area contributed by atoms with Gasteiger partial charge in [-0.05, 0) is 34.6 Å². The summed E-state index contributed by atoms with van der Waals surface area (Å²) in [5, 5.41) is 0. The van der Waals surface area contributed by atoms with Gasteiger partial charge in [0.05, 0.1) is 13.2 Å². The molecule has 1 aliphatic rings. The van der Waals surface area contributed by atoms with Crippen LogP contribution < -0.4 is 0 Å². The van der Waals surface area contributed by atoms with E-state index in [2.05, 4.69) is 51.4 Å². The van der Waals surface area contributed by atoms with Gasteiger partial charge in [-0.2, -0.15) is 0 Å². The molecule has 2 nitrogen and oxygen atoms in total. The van der Waals surface area contributed by atoms with E-state index in [-0.39, 0.29) is 10.8 Å². The average Bonchev–Trinajstić information content (AvgIpc) is 2.15. The van der Waals surface area contributed by atoms with E-state index < -0.39 is 0 Å². The van der Waals surface area contributed by atoms with E-state index in [1.54, 1.807) is 0 Å². The molecular formula is C14H25NO. The van der Waals surface area contributed by atoms with E-state index in [1.807, 2.05) is 0 Å². The molecule has 0 spiro atoms. The summed E-state index contributed by atoms with van der Waals surface area (Å²) in [5.74, 6) is 6.76. The van der Waals surface area contributed by atoms with Crippen molar-refractivity contribution in [2.45, 2.75) is 34.6 Å². The van der Waals surface area contributed by atoms with Gasteiger partial charge in [0, 0.05) is 30.5 Å². The lowest BCUT2D eigenvalue weighted by molar-refractivity contribution is 0.0276. The Kier molecular flexibility index (Phi) is 4.41. The Balaban J connectivity index is 2.52. The Morgan fingerprint density at radius 3 is 2.06 bits per heavy atom. The lowest BCUT2D eigenvalue weighted by atomic mass is 9.89. The molecule has 0 amide bonds. The second-order valence-electron chi connectivity index (χ2n) is 6.27. The molecule has 1 rings (SSSR count). The topological polar surface area (TPSA) is 12.5 Å². The highest BCUT2D eigenvalue weighted by Crippen LogP contribution is 2.19. The van der Waals surface area contributed by atoms with Gasteiger partial charge in [0.1, 0.15) is 0 Å². The van der Waals surface area contributed by atoms with Crippen molar-refractivity contribution >= 4 is 0 Å². The van der Waals surface area contributed by atoms with Gasteiger partial charge in [-0.25, -0.2) is 0 Å². The van der Waals surface area contributed by atoms with E-state index in [0.29, 0.717) is 0 Å².